The molecule has 0 spiro atoms. The topological polar surface area (TPSA) is 38.0 Å². The Balaban J connectivity index is 2.02. The molecule has 0 amide bonds. The molecule has 1 saturated carbocycles. The summed E-state index contributed by atoms with van der Waals surface area (Å²) in [4.78, 5) is 0. The van der Waals surface area contributed by atoms with Crippen molar-refractivity contribution in [3.8, 4) is 0 Å². The summed E-state index contributed by atoms with van der Waals surface area (Å²) < 4.78 is 0. The summed E-state index contributed by atoms with van der Waals surface area (Å²) in [6, 6.07) is 9.14. The zero-order valence-electron chi connectivity index (χ0n) is 9.37. The molecule has 1 aromatic rings. The fraction of sp³-hybridized carbons (Fsp3) is 0.538. The van der Waals surface area contributed by atoms with E-state index in [2.05, 4.69) is 36.5 Å². The van der Waals surface area contributed by atoms with Crippen LogP contribution in [0.4, 0.5) is 5.69 Å². The molecular weight excluding hydrogens is 184 g/mol. The standard InChI is InChI=1S/C13H20N2/c1-10-4-2-6-12(8-10)15-13-7-3-5-11(13)9-14/h2,4,6,8,11,13,15H,3,5,7,9,14H2,1H3. The van der Waals surface area contributed by atoms with Gasteiger partial charge in [0, 0.05) is 11.7 Å². The predicted molar refractivity (Wildman–Crippen MR) is 65.0 cm³/mol. The highest BCUT2D eigenvalue weighted by Gasteiger charge is 2.25. The maximum Gasteiger partial charge on any atom is 0.0345 e. The third kappa shape index (κ3) is 2.51. The fourth-order valence-electron chi connectivity index (χ4n) is 2.46. The van der Waals surface area contributed by atoms with E-state index >= 15 is 0 Å². The molecule has 82 valence electrons. The molecule has 0 aromatic heterocycles. The van der Waals surface area contributed by atoms with Crippen LogP contribution in [0.15, 0.2) is 24.3 Å². The van der Waals surface area contributed by atoms with Crippen molar-refractivity contribution in [2.75, 3.05) is 11.9 Å². The van der Waals surface area contributed by atoms with Crippen LogP contribution in [0.25, 0.3) is 0 Å². The van der Waals surface area contributed by atoms with Gasteiger partial charge in [-0.1, -0.05) is 18.6 Å². The van der Waals surface area contributed by atoms with Crippen LogP contribution in [-0.4, -0.2) is 12.6 Å². The van der Waals surface area contributed by atoms with Crippen LogP contribution in [0.2, 0.25) is 0 Å². The van der Waals surface area contributed by atoms with E-state index in [0.29, 0.717) is 12.0 Å². The lowest BCUT2D eigenvalue weighted by Gasteiger charge is -2.20. The summed E-state index contributed by atoms with van der Waals surface area (Å²) in [5, 5.41) is 3.60. The van der Waals surface area contributed by atoms with Gasteiger partial charge in [0.25, 0.3) is 0 Å². The number of anilines is 1. The van der Waals surface area contributed by atoms with Gasteiger partial charge in [-0.15, -0.1) is 0 Å². The molecule has 1 aromatic carbocycles. The van der Waals surface area contributed by atoms with Crippen molar-refractivity contribution < 1.29 is 0 Å². The van der Waals surface area contributed by atoms with Crippen LogP contribution in [0, 0.1) is 12.8 Å². The van der Waals surface area contributed by atoms with E-state index < -0.39 is 0 Å². The first kappa shape index (κ1) is 10.5. The first-order valence-electron chi connectivity index (χ1n) is 5.83. The van der Waals surface area contributed by atoms with Gasteiger partial charge in [0.2, 0.25) is 0 Å². The van der Waals surface area contributed by atoms with Crippen LogP contribution in [-0.2, 0) is 0 Å². The Kier molecular flexibility index (Phi) is 3.27. The summed E-state index contributed by atoms with van der Waals surface area (Å²) >= 11 is 0. The van der Waals surface area contributed by atoms with Gasteiger partial charge in [-0.3, -0.25) is 0 Å². The van der Waals surface area contributed by atoms with Gasteiger partial charge in [-0.05, 0) is 49.9 Å². The van der Waals surface area contributed by atoms with Gasteiger partial charge in [-0.2, -0.15) is 0 Å². The monoisotopic (exact) mass is 204 g/mol. The highest BCUT2D eigenvalue weighted by molar-refractivity contribution is 5.46. The van der Waals surface area contributed by atoms with E-state index in [1.54, 1.807) is 0 Å². The van der Waals surface area contributed by atoms with Gasteiger partial charge >= 0.3 is 0 Å². The molecule has 3 N–H and O–H groups in total. The molecule has 15 heavy (non-hydrogen) atoms. The smallest absolute Gasteiger partial charge is 0.0345 e. The van der Waals surface area contributed by atoms with Gasteiger partial charge in [0.15, 0.2) is 0 Å². The number of nitrogens with two attached hydrogens (primary N) is 1. The first-order valence-corrected chi connectivity index (χ1v) is 5.83. The number of aryl methyl sites for hydroxylation is 1. The number of hydrogen-bond donors (Lipinski definition) is 2. The summed E-state index contributed by atoms with van der Waals surface area (Å²) in [5.74, 6) is 0.658. The number of hydrogen-bond acceptors (Lipinski definition) is 2. The Morgan fingerprint density at radius 1 is 1.40 bits per heavy atom. The summed E-state index contributed by atoms with van der Waals surface area (Å²) in [6.07, 6.45) is 3.85. The van der Waals surface area contributed by atoms with Crippen molar-refractivity contribution in [1.82, 2.24) is 0 Å². The van der Waals surface area contributed by atoms with Crippen molar-refractivity contribution in [3.05, 3.63) is 29.8 Å². The van der Waals surface area contributed by atoms with Gasteiger partial charge < -0.3 is 11.1 Å². The SMILES string of the molecule is Cc1cccc(NC2CCCC2CN)c1. The fourth-order valence-corrected chi connectivity index (χ4v) is 2.46. The van der Waals surface area contributed by atoms with E-state index in [1.165, 1.54) is 30.5 Å². The Morgan fingerprint density at radius 2 is 2.27 bits per heavy atom. The molecule has 0 saturated heterocycles. The molecular formula is C13H20N2. The molecule has 2 heteroatoms. The minimum Gasteiger partial charge on any atom is -0.382 e. The minimum atomic E-state index is 0.580. The van der Waals surface area contributed by atoms with Crippen LogP contribution >= 0.6 is 0 Å². The Bertz CT molecular complexity index is 322. The van der Waals surface area contributed by atoms with Crippen molar-refractivity contribution in [2.45, 2.75) is 32.2 Å². The molecule has 0 radical (unpaired) electrons. The van der Waals surface area contributed by atoms with E-state index in [4.69, 9.17) is 5.73 Å². The largest absolute Gasteiger partial charge is 0.382 e. The van der Waals surface area contributed by atoms with E-state index in [1.807, 2.05) is 0 Å². The number of benzene rings is 1. The normalized spacial score (nSPS) is 25.5. The molecule has 0 bridgehead atoms. The molecule has 1 aliphatic carbocycles. The van der Waals surface area contributed by atoms with Crippen LogP contribution < -0.4 is 11.1 Å². The van der Waals surface area contributed by atoms with E-state index in [0.717, 1.165) is 6.54 Å². The summed E-state index contributed by atoms with van der Waals surface area (Å²) in [5.41, 5.74) is 8.31. The van der Waals surface area contributed by atoms with Crippen molar-refractivity contribution in [3.63, 3.8) is 0 Å². The minimum absolute atomic E-state index is 0.580. The molecule has 2 atom stereocenters. The third-order valence-corrected chi connectivity index (χ3v) is 3.33. The van der Waals surface area contributed by atoms with Crippen molar-refractivity contribution in [1.29, 1.82) is 0 Å². The van der Waals surface area contributed by atoms with E-state index in [-0.39, 0.29) is 0 Å². The molecule has 1 fully saturated rings. The second kappa shape index (κ2) is 4.67. The second-order valence-electron chi connectivity index (χ2n) is 4.55. The lowest BCUT2D eigenvalue weighted by molar-refractivity contribution is 0.516. The lowest BCUT2D eigenvalue weighted by atomic mass is 10.0. The van der Waals surface area contributed by atoms with Crippen LogP contribution in [0.5, 0.6) is 0 Å². The highest BCUT2D eigenvalue weighted by Crippen LogP contribution is 2.27. The Labute approximate surface area is 91.9 Å². The number of rotatable bonds is 3. The van der Waals surface area contributed by atoms with Crippen molar-refractivity contribution >= 4 is 5.69 Å². The first-order chi connectivity index (χ1) is 7.29. The second-order valence-corrected chi connectivity index (χ2v) is 4.55. The zero-order valence-corrected chi connectivity index (χ0v) is 9.37. The summed E-state index contributed by atoms with van der Waals surface area (Å²) in [7, 11) is 0. The molecule has 1 aliphatic rings. The molecule has 0 aliphatic heterocycles. The lowest BCUT2D eigenvalue weighted by Crippen LogP contribution is -2.29. The van der Waals surface area contributed by atoms with E-state index in [9.17, 15) is 0 Å². The Hall–Kier alpha value is -1.02. The highest BCUT2D eigenvalue weighted by atomic mass is 14.9. The Morgan fingerprint density at radius 3 is 3.00 bits per heavy atom. The molecule has 0 heterocycles. The van der Waals surface area contributed by atoms with Gasteiger partial charge in [0.05, 0.1) is 0 Å². The molecule has 2 rings (SSSR count). The van der Waals surface area contributed by atoms with Crippen LogP contribution in [0.3, 0.4) is 0 Å². The molecule has 2 unspecified atom stereocenters. The van der Waals surface area contributed by atoms with Gasteiger partial charge in [-0.25, -0.2) is 0 Å². The van der Waals surface area contributed by atoms with Gasteiger partial charge in [0.1, 0.15) is 0 Å². The third-order valence-electron chi connectivity index (χ3n) is 3.33. The van der Waals surface area contributed by atoms with Crippen molar-refractivity contribution in [2.24, 2.45) is 11.7 Å². The number of nitrogens with one attached hydrogen (secondary N) is 1. The quantitative estimate of drug-likeness (QED) is 0.794. The average molecular weight is 204 g/mol. The average Bonchev–Trinajstić information content (AvgIpc) is 2.65. The molecule has 2 nitrogen and oxygen atoms in total. The maximum atomic E-state index is 5.77. The predicted octanol–water partition coefficient (Wildman–Crippen LogP) is 2.53. The summed E-state index contributed by atoms with van der Waals surface area (Å²) in [6.45, 7) is 2.93. The maximum absolute atomic E-state index is 5.77. The zero-order chi connectivity index (χ0) is 10.7. The van der Waals surface area contributed by atoms with Crippen LogP contribution in [0.1, 0.15) is 24.8 Å².